The monoisotopic (exact) mass is 344 g/mol. The summed E-state index contributed by atoms with van der Waals surface area (Å²) in [6.07, 6.45) is 1.17. The smallest absolute Gasteiger partial charge is 0.275 e. The van der Waals surface area contributed by atoms with E-state index >= 15 is 0 Å². The van der Waals surface area contributed by atoms with Crippen molar-refractivity contribution in [1.29, 1.82) is 0 Å². The predicted molar refractivity (Wildman–Crippen MR) is 82.4 cm³/mol. The van der Waals surface area contributed by atoms with Gasteiger partial charge in [0.2, 0.25) is 11.8 Å². The van der Waals surface area contributed by atoms with Gasteiger partial charge in [0.05, 0.1) is 11.9 Å². The van der Waals surface area contributed by atoms with Crippen molar-refractivity contribution >= 4 is 38.3 Å². The van der Waals surface area contributed by atoms with E-state index < -0.39 is 10.0 Å². The van der Waals surface area contributed by atoms with Crippen LogP contribution in [0.25, 0.3) is 0 Å². The van der Waals surface area contributed by atoms with Crippen molar-refractivity contribution in [3.63, 3.8) is 0 Å². The van der Waals surface area contributed by atoms with Crippen molar-refractivity contribution < 1.29 is 17.7 Å². The zero-order valence-electron chi connectivity index (χ0n) is 12.5. The molecule has 0 radical (unpaired) electrons. The van der Waals surface area contributed by atoms with Gasteiger partial charge in [0.25, 0.3) is 10.0 Å². The molecule has 0 unspecified atom stereocenters. The molecule has 8 nitrogen and oxygen atoms in total. The van der Waals surface area contributed by atoms with Gasteiger partial charge in [0.1, 0.15) is 0 Å². The molecule has 2 rings (SSSR count). The lowest BCUT2D eigenvalue weighted by molar-refractivity contribution is -0.114. The van der Waals surface area contributed by atoms with E-state index in [0.29, 0.717) is 5.69 Å². The summed E-state index contributed by atoms with van der Waals surface area (Å²) in [6, 6.07) is 1.54. The molecule has 0 aliphatic rings. The standard InChI is InChI=1S/C12H16N4O4S2/c1-7(17)14-11-13-6-10(21-11)22(18,19)16-9-5-8(15-20-9)12(2,3)4/h5-6,16H,1-4H3,(H,13,14,17). The highest BCUT2D eigenvalue weighted by atomic mass is 32.2. The maximum Gasteiger partial charge on any atom is 0.275 e. The van der Waals surface area contributed by atoms with E-state index in [0.717, 1.165) is 11.3 Å². The van der Waals surface area contributed by atoms with Gasteiger partial charge in [-0.2, -0.15) is 0 Å². The normalized spacial score (nSPS) is 12.2. The van der Waals surface area contributed by atoms with E-state index in [1.54, 1.807) is 0 Å². The van der Waals surface area contributed by atoms with Crippen LogP contribution in [-0.2, 0) is 20.2 Å². The lowest BCUT2D eigenvalue weighted by Crippen LogP contribution is -2.12. The van der Waals surface area contributed by atoms with Gasteiger partial charge in [-0.25, -0.2) is 18.1 Å². The summed E-state index contributed by atoms with van der Waals surface area (Å²) in [5.41, 5.74) is 0.379. The molecule has 2 N–H and O–H groups in total. The van der Waals surface area contributed by atoms with Gasteiger partial charge in [-0.3, -0.25) is 4.79 Å². The minimum absolute atomic E-state index is 0.0272. The predicted octanol–water partition coefficient (Wildman–Crippen LogP) is 2.19. The highest BCUT2D eigenvalue weighted by molar-refractivity contribution is 7.94. The molecule has 0 atom stereocenters. The number of sulfonamides is 1. The van der Waals surface area contributed by atoms with Crippen LogP contribution in [0.5, 0.6) is 0 Å². The number of carbonyl (C=O) groups is 1. The van der Waals surface area contributed by atoms with Crippen LogP contribution in [0.1, 0.15) is 33.4 Å². The number of hydrogen-bond donors (Lipinski definition) is 2. The van der Waals surface area contributed by atoms with Crippen molar-refractivity contribution in [3.05, 3.63) is 18.0 Å². The topological polar surface area (TPSA) is 114 Å². The first kappa shape index (κ1) is 16.4. The maximum atomic E-state index is 12.2. The third kappa shape index (κ3) is 3.83. The molecule has 0 saturated carbocycles. The van der Waals surface area contributed by atoms with Gasteiger partial charge in [0, 0.05) is 18.4 Å². The van der Waals surface area contributed by atoms with Gasteiger partial charge in [-0.1, -0.05) is 37.3 Å². The van der Waals surface area contributed by atoms with E-state index in [9.17, 15) is 13.2 Å². The fourth-order valence-corrected chi connectivity index (χ4v) is 3.50. The lowest BCUT2D eigenvalue weighted by atomic mass is 9.92. The molecule has 0 aromatic carbocycles. The van der Waals surface area contributed by atoms with Gasteiger partial charge in [-0.15, -0.1) is 0 Å². The summed E-state index contributed by atoms with van der Waals surface area (Å²) >= 11 is 0.844. The highest BCUT2D eigenvalue weighted by Gasteiger charge is 2.23. The molecule has 2 aromatic rings. The Morgan fingerprint density at radius 3 is 2.59 bits per heavy atom. The van der Waals surface area contributed by atoms with Gasteiger partial charge in [0.15, 0.2) is 9.34 Å². The summed E-state index contributed by atoms with van der Waals surface area (Å²) < 4.78 is 31.7. The largest absolute Gasteiger partial charge is 0.338 e. The molecule has 0 aliphatic heterocycles. The number of rotatable bonds is 4. The molecule has 0 spiro atoms. The van der Waals surface area contributed by atoms with Gasteiger partial charge < -0.3 is 9.84 Å². The summed E-state index contributed by atoms with van der Waals surface area (Å²) in [5.74, 6) is -0.296. The minimum Gasteiger partial charge on any atom is -0.338 e. The van der Waals surface area contributed by atoms with Crippen LogP contribution < -0.4 is 10.0 Å². The Kier molecular flexibility index (Phi) is 4.25. The molecular weight excluding hydrogens is 328 g/mol. The lowest BCUT2D eigenvalue weighted by Gasteiger charge is -2.12. The Balaban J connectivity index is 2.19. The minimum atomic E-state index is -3.84. The van der Waals surface area contributed by atoms with E-state index in [2.05, 4.69) is 20.2 Å². The first-order valence-corrected chi connectivity index (χ1v) is 8.61. The molecule has 22 heavy (non-hydrogen) atoms. The third-order valence-electron chi connectivity index (χ3n) is 2.55. The summed E-state index contributed by atoms with van der Waals surface area (Å²) in [4.78, 5) is 14.8. The molecule has 0 saturated heterocycles. The van der Waals surface area contributed by atoms with E-state index in [1.165, 1.54) is 19.2 Å². The summed E-state index contributed by atoms with van der Waals surface area (Å²) in [6.45, 7) is 7.13. The van der Waals surface area contributed by atoms with E-state index in [4.69, 9.17) is 4.52 Å². The van der Waals surface area contributed by atoms with Gasteiger partial charge >= 0.3 is 0 Å². The number of nitrogens with zero attached hydrogens (tertiary/aromatic N) is 2. The van der Waals surface area contributed by atoms with Crippen molar-refractivity contribution in [2.45, 2.75) is 37.3 Å². The highest BCUT2D eigenvalue weighted by Crippen LogP contribution is 2.27. The van der Waals surface area contributed by atoms with Crippen LogP contribution in [0.2, 0.25) is 0 Å². The van der Waals surface area contributed by atoms with Crippen LogP contribution in [0.3, 0.4) is 0 Å². The SMILES string of the molecule is CC(=O)Nc1ncc(S(=O)(=O)Nc2cc(C(C)(C)C)no2)s1. The van der Waals surface area contributed by atoms with Crippen molar-refractivity contribution in [2.24, 2.45) is 0 Å². The number of amides is 1. The molecule has 120 valence electrons. The Morgan fingerprint density at radius 2 is 2.05 bits per heavy atom. The fourth-order valence-electron chi connectivity index (χ4n) is 1.45. The molecule has 2 heterocycles. The summed E-state index contributed by atoms with van der Waals surface area (Å²) in [5, 5.41) is 6.47. The van der Waals surface area contributed by atoms with Gasteiger partial charge in [-0.05, 0) is 0 Å². The number of nitrogens with one attached hydrogen (secondary N) is 2. The zero-order chi connectivity index (χ0) is 16.5. The molecule has 2 aromatic heterocycles. The van der Waals surface area contributed by atoms with Crippen LogP contribution in [-0.4, -0.2) is 24.5 Å². The second-order valence-corrected chi connectivity index (χ2v) is 8.54. The molecule has 0 bridgehead atoms. The van der Waals surface area contributed by atoms with Crippen LogP contribution in [0.15, 0.2) is 21.0 Å². The van der Waals surface area contributed by atoms with Crippen molar-refractivity contribution in [1.82, 2.24) is 10.1 Å². The summed E-state index contributed by atoms with van der Waals surface area (Å²) in [7, 11) is -3.84. The van der Waals surface area contributed by atoms with Crippen LogP contribution in [0.4, 0.5) is 11.0 Å². The maximum absolute atomic E-state index is 12.2. The average Bonchev–Trinajstić information content (AvgIpc) is 2.96. The molecule has 1 amide bonds. The number of anilines is 2. The first-order valence-electron chi connectivity index (χ1n) is 6.31. The Bertz CT molecular complexity index is 786. The average molecular weight is 344 g/mol. The first-order chi connectivity index (χ1) is 10.1. The van der Waals surface area contributed by atoms with Crippen molar-refractivity contribution in [3.8, 4) is 0 Å². The molecular formula is C12H16N4O4S2. The quantitative estimate of drug-likeness (QED) is 0.878. The third-order valence-corrected chi connectivity index (χ3v) is 5.27. The zero-order valence-corrected chi connectivity index (χ0v) is 14.1. The molecule has 10 heteroatoms. The van der Waals surface area contributed by atoms with Crippen molar-refractivity contribution in [2.75, 3.05) is 10.0 Å². The Labute approximate surface area is 132 Å². The number of thiazole rings is 1. The van der Waals surface area contributed by atoms with E-state index in [-0.39, 0.29) is 26.5 Å². The second kappa shape index (κ2) is 5.69. The van der Waals surface area contributed by atoms with E-state index in [1.807, 2.05) is 20.8 Å². The van der Waals surface area contributed by atoms with Crippen LogP contribution in [0, 0.1) is 0 Å². The fraction of sp³-hybridized carbons (Fsp3) is 0.417. The number of hydrogen-bond acceptors (Lipinski definition) is 7. The van der Waals surface area contributed by atoms with Crippen LogP contribution >= 0.6 is 11.3 Å². The Hall–Kier alpha value is -1.94. The molecule has 0 fully saturated rings. The number of carbonyl (C=O) groups excluding carboxylic acids is 1. The Morgan fingerprint density at radius 1 is 1.36 bits per heavy atom. The second-order valence-electron chi connectivity index (χ2n) is 5.60. The number of aromatic nitrogens is 2. The molecule has 0 aliphatic carbocycles.